The SMILES string of the molecule is COc1ccc(NC(N)=NCC2(C)CCOC2C2CC2)cc1Cl. The van der Waals surface area contributed by atoms with Crippen molar-refractivity contribution in [1.82, 2.24) is 0 Å². The fourth-order valence-corrected chi connectivity index (χ4v) is 3.49. The maximum Gasteiger partial charge on any atom is 0.193 e. The first-order chi connectivity index (χ1) is 11.0. The van der Waals surface area contributed by atoms with E-state index in [2.05, 4.69) is 17.2 Å². The van der Waals surface area contributed by atoms with E-state index in [1.807, 2.05) is 6.07 Å². The minimum absolute atomic E-state index is 0.0883. The van der Waals surface area contributed by atoms with Crippen molar-refractivity contribution in [3.63, 3.8) is 0 Å². The lowest BCUT2D eigenvalue weighted by Gasteiger charge is -2.28. The fourth-order valence-electron chi connectivity index (χ4n) is 3.23. The summed E-state index contributed by atoms with van der Waals surface area (Å²) in [6.45, 7) is 3.76. The summed E-state index contributed by atoms with van der Waals surface area (Å²) in [4.78, 5) is 4.53. The van der Waals surface area contributed by atoms with Gasteiger partial charge in [-0.1, -0.05) is 18.5 Å². The van der Waals surface area contributed by atoms with Gasteiger partial charge in [0.25, 0.3) is 0 Å². The predicted molar refractivity (Wildman–Crippen MR) is 93.3 cm³/mol. The van der Waals surface area contributed by atoms with Crippen LogP contribution >= 0.6 is 11.6 Å². The Morgan fingerprint density at radius 1 is 1.52 bits per heavy atom. The average Bonchev–Trinajstić information content (AvgIpc) is 3.28. The molecule has 2 fully saturated rings. The molecule has 6 heteroatoms. The molecule has 5 nitrogen and oxygen atoms in total. The molecule has 126 valence electrons. The Balaban J connectivity index is 1.62. The average molecular weight is 338 g/mol. The Labute approximate surface area is 142 Å². The largest absolute Gasteiger partial charge is 0.495 e. The van der Waals surface area contributed by atoms with Crippen molar-refractivity contribution < 1.29 is 9.47 Å². The van der Waals surface area contributed by atoms with E-state index in [1.54, 1.807) is 19.2 Å². The molecule has 0 radical (unpaired) electrons. The summed E-state index contributed by atoms with van der Waals surface area (Å²) >= 11 is 6.11. The summed E-state index contributed by atoms with van der Waals surface area (Å²) in [7, 11) is 1.59. The van der Waals surface area contributed by atoms with E-state index in [9.17, 15) is 0 Å². The molecule has 0 amide bonds. The molecule has 3 rings (SSSR count). The van der Waals surface area contributed by atoms with Gasteiger partial charge < -0.3 is 20.5 Å². The number of halogens is 1. The molecule has 0 bridgehead atoms. The van der Waals surface area contributed by atoms with Gasteiger partial charge in [0.15, 0.2) is 5.96 Å². The molecular weight excluding hydrogens is 314 g/mol. The maximum absolute atomic E-state index is 6.11. The van der Waals surface area contributed by atoms with Crippen LogP contribution in [0.4, 0.5) is 5.69 Å². The van der Waals surface area contributed by atoms with Crippen molar-refractivity contribution in [3.05, 3.63) is 23.2 Å². The Kier molecular flexibility index (Phi) is 4.69. The predicted octanol–water partition coefficient (Wildman–Crippen LogP) is 3.28. The first-order valence-corrected chi connectivity index (χ1v) is 8.42. The quantitative estimate of drug-likeness (QED) is 0.639. The van der Waals surface area contributed by atoms with Gasteiger partial charge in [-0.05, 0) is 43.4 Å². The molecule has 0 aromatic heterocycles. The van der Waals surface area contributed by atoms with Gasteiger partial charge in [-0.25, -0.2) is 0 Å². The standard InChI is InChI=1S/C17H24ClN3O2/c1-17(7-8-23-15(17)11-3-4-11)10-20-16(19)21-12-5-6-14(22-2)13(18)9-12/h5-6,9,11,15H,3-4,7-8,10H2,1-2H3,(H3,19,20,21). The van der Waals surface area contributed by atoms with Crippen LogP contribution in [0.3, 0.4) is 0 Å². The van der Waals surface area contributed by atoms with Gasteiger partial charge in [0.05, 0.1) is 24.8 Å². The smallest absolute Gasteiger partial charge is 0.193 e. The topological polar surface area (TPSA) is 68.9 Å². The van der Waals surface area contributed by atoms with Gasteiger partial charge in [0.1, 0.15) is 5.75 Å². The lowest BCUT2D eigenvalue weighted by Crippen LogP contribution is -2.34. The number of hydrogen-bond acceptors (Lipinski definition) is 3. The number of benzene rings is 1. The molecule has 2 unspecified atom stereocenters. The van der Waals surface area contributed by atoms with Gasteiger partial charge in [-0.2, -0.15) is 0 Å². The van der Waals surface area contributed by atoms with E-state index in [0.29, 0.717) is 35.3 Å². The summed E-state index contributed by atoms with van der Waals surface area (Å²) in [6, 6.07) is 5.43. The number of hydrogen-bond donors (Lipinski definition) is 2. The van der Waals surface area contributed by atoms with Crippen molar-refractivity contribution >= 4 is 23.2 Å². The maximum atomic E-state index is 6.11. The molecule has 2 aliphatic rings. The van der Waals surface area contributed by atoms with Crippen LogP contribution in [0.1, 0.15) is 26.2 Å². The third-order valence-corrected chi connectivity index (χ3v) is 5.04. The monoisotopic (exact) mass is 337 g/mol. The molecule has 0 spiro atoms. The van der Waals surface area contributed by atoms with E-state index in [4.69, 9.17) is 26.8 Å². The second-order valence-corrected chi connectivity index (χ2v) is 7.12. The molecule has 1 heterocycles. The zero-order valence-electron chi connectivity index (χ0n) is 13.6. The fraction of sp³-hybridized carbons (Fsp3) is 0.588. The number of nitrogens with two attached hydrogens (primary N) is 1. The van der Waals surface area contributed by atoms with E-state index in [0.717, 1.165) is 18.7 Å². The summed E-state index contributed by atoms with van der Waals surface area (Å²) in [5, 5.41) is 3.62. The third kappa shape index (κ3) is 3.72. The minimum atomic E-state index is 0.0883. The normalized spacial score (nSPS) is 28.0. The number of rotatable bonds is 5. The number of nitrogens with zero attached hydrogens (tertiary/aromatic N) is 1. The van der Waals surface area contributed by atoms with Crippen LogP contribution in [-0.4, -0.2) is 32.3 Å². The number of guanidine groups is 1. The summed E-state index contributed by atoms with van der Waals surface area (Å²) in [5.41, 5.74) is 6.91. The van der Waals surface area contributed by atoms with Crippen LogP contribution in [0.15, 0.2) is 23.2 Å². The highest BCUT2D eigenvalue weighted by Gasteiger charge is 2.47. The highest BCUT2D eigenvalue weighted by atomic mass is 35.5. The Bertz CT molecular complexity index is 604. The molecular formula is C17H24ClN3O2. The number of aliphatic imine (C=N–C) groups is 1. The Morgan fingerprint density at radius 2 is 2.30 bits per heavy atom. The third-order valence-electron chi connectivity index (χ3n) is 4.74. The van der Waals surface area contributed by atoms with E-state index in [1.165, 1.54) is 12.8 Å². The molecule has 1 aliphatic heterocycles. The zero-order valence-corrected chi connectivity index (χ0v) is 14.4. The van der Waals surface area contributed by atoms with Crippen molar-refractivity contribution in [2.45, 2.75) is 32.3 Å². The van der Waals surface area contributed by atoms with Gasteiger partial charge >= 0.3 is 0 Å². The number of methoxy groups -OCH3 is 1. The van der Waals surface area contributed by atoms with Gasteiger partial charge in [0, 0.05) is 17.7 Å². The number of ether oxygens (including phenoxy) is 2. The lowest BCUT2D eigenvalue weighted by molar-refractivity contribution is 0.0425. The van der Waals surface area contributed by atoms with Crippen LogP contribution in [0, 0.1) is 11.3 Å². The lowest BCUT2D eigenvalue weighted by atomic mass is 9.81. The zero-order chi connectivity index (χ0) is 16.4. The van der Waals surface area contributed by atoms with Crippen molar-refractivity contribution in [2.24, 2.45) is 22.1 Å². The van der Waals surface area contributed by atoms with Gasteiger partial charge in [-0.3, -0.25) is 4.99 Å². The highest BCUT2D eigenvalue weighted by molar-refractivity contribution is 6.32. The van der Waals surface area contributed by atoms with Gasteiger partial charge in [-0.15, -0.1) is 0 Å². The molecule has 1 saturated carbocycles. The van der Waals surface area contributed by atoms with E-state index >= 15 is 0 Å². The second-order valence-electron chi connectivity index (χ2n) is 6.71. The van der Waals surface area contributed by atoms with Crippen LogP contribution in [0.5, 0.6) is 5.75 Å². The molecule has 1 saturated heterocycles. The minimum Gasteiger partial charge on any atom is -0.495 e. The van der Waals surface area contributed by atoms with Gasteiger partial charge in [0.2, 0.25) is 0 Å². The Morgan fingerprint density at radius 3 is 2.96 bits per heavy atom. The first kappa shape index (κ1) is 16.4. The first-order valence-electron chi connectivity index (χ1n) is 8.04. The van der Waals surface area contributed by atoms with Crippen LogP contribution < -0.4 is 15.8 Å². The molecule has 2 atom stereocenters. The summed E-state index contributed by atoms with van der Waals surface area (Å²) < 4.78 is 11.1. The van der Waals surface area contributed by atoms with Crippen molar-refractivity contribution in [1.29, 1.82) is 0 Å². The number of nitrogens with one attached hydrogen (secondary N) is 1. The van der Waals surface area contributed by atoms with Crippen LogP contribution in [0.2, 0.25) is 5.02 Å². The van der Waals surface area contributed by atoms with Crippen LogP contribution in [-0.2, 0) is 4.74 Å². The summed E-state index contributed by atoms with van der Waals surface area (Å²) in [6.07, 6.45) is 3.93. The second kappa shape index (κ2) is 6.57. The Hall–Kier alpha value is -1.46. The summed E-state index contributed by atoms with van der Waals surface area (Å²) in [5.74, 6) is 1.75. The van der Waals surface area contributed by atoms with Crippen molar-refractivity contribution in [3.8, 4) is 5.75 Å². The highest BCUT2D eigenvalue weighted by Crippen LogP contribution is 2.47. The van der Waals surface area contributed by atoms with Crippen molar-refractivity contribution in [2.75, 3.05) is 25.6 Å². The number of anilines is 1. The van der Waals surface area contributed by atoms with E-state index < -0.39 is 0 Å². The molecule has 1 aromatic rings. The van der Waals surface area contributed by atoms with E-state index in [-0.39, 0.29) is 5.41 Å². The molecule has 23 heavy (non-hydrogen) atoms. The molecule has 1 aliphatic carbocycles. The molecule has 1 aromatic carbocycles. The van der Waals surface area contributed by atoms with Crippen LogP contribution in [0.25, 0.3) is 0 Å². The molecule has 3 N–H and O–H groups in total.